The van der Waals surface area contributed by atoms with Crippen LogP contribution in [0.2, 0.25) is 0 Å². The molecule has 0 aromatic heterocycles. The molecule has 7 heteroatoms. The van der Waals surface area contributed by atoms with Crippen LogP contribution in [0.15, 0.2) is 35.5 Å². The zero-order chi connectivity index (χ0) is 19.7. The molecule has 4 heterocycles. The van der Waals surface area contributed by atoms with Crippen LogP contribution < -0.4 is 0 Å². The highest BCUT2D eigenvalue weighted by molar-refractivity contribution is 6.00. The van der Waals surface area contributed by atoms with Crippen molar-refractivity contribution in [2.24, 2.45) is 5.92 Å². The molecule has 0 aromatic rings. The monoisotopic (exact) mass is 376 g/mol. The van der Waals surface area contributed by atoms with Gasteiger partial charge in [-0.1, -0.05) is 17.7 Å². The summed E-state index contributed by atoms with van der Waals surface area (Å²) in [6.07, 6.45) is 0.170. The van der Waals surface area contributed by atoms with E-state index in [-0.39, 0.29) is 17.8 Å². The molecule has 146 valence electrons. The minimum absolute atomic E-state index is 0.164. The molecule has 0 amide bonds. The molecule has 4 bridgehead atoms. The fraction of sp³-hybridized carbons (Fsp3) is 0.600. The van der Waals surface area contributed by atoms with Crippen molar-refractivity contribution >= 4 is 11.8 Å². The van der Waals surface area contributed by atoms with Crippen molar-refractivity contribution in [1.29, 1.82) is 0 Å². The fourth-order valence-electron chi connectivity index (χ4n) is 4.53. The van der Waals surface area contributed by atoms with Crippen LogP contribution in [-0.2, 0) is 23.8 Å². The third-order valence-corrected chi connectivity index (χ3v) is 6.12. The lowest BCUT2D eigenvalue weighted by atomic mass is 9.76. The average molecular weight is 376 g/mol. The second-order valence-electron chi connectivity index (χ2n) is 8.14. The number of carbonyl (C=O) groups is 2. The van der Waals surface area contributed by atoms with Gasteiger partial charge in [-0.15, -0.1) is 0 Å². The highest BCUT2D eigenvalue weighted by Crippen LogP contribution is 2.56. The summed E-state index contributed by atoms with van der Waals surface area (Å²) >= 11 is 0. The number of hydrogen-bond acceptors (Lipinski definition) is 7. The summed E-state index contributed by atoms with van der Waals surface area (Å²) in [5.74, 6) is -3.52. The average Bonchev–Trinajstić information content (AvgIpc) is 3.26. The number of allylic oxidation sites excluding steroid dienone is 2. The molecule has 0 spiro atoms. The first kappa shape index (κ1) is 18.6. The number of rotatable bonds is 1. The normalized spacial score (nSPS) is 46.3. The smallest absolute Gasteiger partial charge is 0.344 e. The van der Waals surface area contributed by atoms with Crippen molar-refractivity contribution in [2.45, 2.75) is 69.4 Å². The van der Waals surface area contributed by atoms with Gasteiger partial charge in [-0.2, -0.15) is 0 Å². The van der Waals surface area contributed by atoms with Gasteiger partial charge in [0.05, 0.1) is 0 Å². The largest absolute Gasteiger partial charge is 0.457 e. The van der Waals surface area contributed by atoms with Crippen LogP contribution in [0.25, 0.3) is 0 Å². The molecule has 0 aromatic carbocycles. The van der Waals surface area contributed by atoms with Gasteiger partial charge in [0.15, 0.2) is 5.78 Å². The summed E-state index contributed by atoms with van der Waals surface area (Å²) < 4.78 is 17.1. The molecule has 0 radical (unpaired) electrons. The summed E-state index contributed by atoms with van der Waals surface area (Å²) in [4.78, 5) is 25.0. The number of ether oxygens (including phenoxy) is 3. The minimum Gasteiger partial charge on any atom is -0.457 e. The third-order valence-electron chi connectivity index (χ3n) is 6.12. The van der Waals surface area contributed by atoms with Gasteiger partial charge in [0.25, 0.3) is 0 Å². The fourth-order valence-corrected chi connectivity index (χ4v) is 4.53. The highest BCUT2D eigenvalue weighted by atomic mass is 16.7. The molecule has 0 aliphatic carbocycles. The Kier molecular flexibility index (Phi) is 4.02. The number of carbonyl (C=O) groups excluding carboxylic acids is 2. The number of fused-ring (bicyclic) bond motifs is 2. The molecular formula is C20H24O7. The first-order valence-electron chi connectivity index (χ1n) is 9.12. The Bertz CT molecular complexity index is 796. The van der Waals surface area contributed by atoms with Gasteiger partial charge in [-0.05, 0) is 44.9 Å². The van der Waals surface area contributed by atoms with Crippen molar-refractivity contribution in [3.05, 3.63) is 35.5 Å². The first-order valence-corrected chi connectivity index (χ1v) is 9.12. The molecule has 0 unspecified atom stereocenters. The van der Waals surface area contributed by atoms with E-state index in [1.165, 1.54) is 19.1 Å². The maximum Gasteiger partial charge on any atom is 0.344 e. The Labute approximate surface area is 157 Å². The van der Waals surface area contributed by atoms with E-state index in [9.17, 15) is 19.8 Å². The number of aliphatic hydroxyl groups excluding tert-OH is 1. The van der Waals surface area contributed by atoms with Gasteiger partial charge < -0.3 is 24.4 Å². The van der Waals surface area contributed by atoms with E-state index in [4.69, 9.17) is 14.2 Å². The van der Waals surface area contributed by atoms with Crippen LogP contribution in [0.4, 0.5) is 0 Å². The standard InChI is InChI=1S/C20H24O7/c1-9(2)13-8-15-19-17(27-19)14(25-18(19)23)6-10(3)5-12(21)7-11(4)20(24,26-15)16(13)22/h5,7,13-17,22,24H,1,6,8H2,2-4H3/t13-,14+,15+,16-,17-,19-,20+/m1/s1. The number of ketones is 1. The van der Waals surface area contributed by atoms with Crippen LogP contribution in [0, 0.1) is 5.92 Å². The van der Waals surface area contributed by atoms with Gasteiger partial charge in [0, 0.05) is 12.3 Å². The molecule has 7 nitrogen and oxygen atoms in total. The maximum absolute atomic E-state index is 12.6. The number of epoxide rings is 1. The van der Waals surface area contributed by atoms with E-state index in [0.717, 1.165) is 5.57 Å². The van der Waals surface area contributed by atoms with Gasteiger partial charge in [0.2, 0.25) is 11.4 Å². The van der Waals surface area contributed by atoms with Gasteiger partial charge in [0.1, 0.15) is 24.4 Å². The zero-order valence-electron chi connectivity index (χ0n) is 15.6. The van der Waals surface area contributed by atoms with Crippen molar-refractivity contribution < 1.29 is 34.0 Å². The van der Waals surface area contributed by atoms with Crippen LogP contribution in [0.1, 0.15) is 33.6 Å². The number of hydrogen-bond donors (Lipinski definition) is 2. The third kappa shape index (κ3) is 2.56. The molecule has 27 heavy (non-hydrogen) atoms. The maximum atomic E-state index is 12.6. The summed E-state index contributed by atoms with van der Waals surface area (Å²) in [5, 5.41) is 22.0. The molecule has 7 atom stereocenters. The number of aliphatic hydroxyl groups is 2. The highest BCUT2D eigenvalue weighted by Gasteiger charge is 2.78. The van der Waals surface area contributed by atoms with E-state index in [1.54, 1.807) is 13.8 Å². The van der Waals surface area contributed by atoms with E-state index >= 15 is 0 Å². The van der Waals surface area contributed by atoms with Crippen LogP contribution in [0.3, 0.4) is 0 Å². The summed E-state index contributed by atoms with van der Waals surface area (Å²) in [6, 6.07) is 0. The van der Waals surface area contributed by atoms with E-state index in [1.807, 2.05) is 0 Å². The van der Waals surface area contributed by atoms with Crippen LogP contribution in [-0.4, -0.2) is 57.8 Å². The summed E-state index contributed by atoms with van der Waals surface area (Å²) in [7, 11) is 0. The van der Waals surface area contributed by atoms with Gasteiger partial charge in [-0.25, -0.2) is 4.79 Å². The Morgan fingerprint density at radius 3 is 2.59 bits per heavy atom. The quantitative estimate of drug-likeness (QED) is 0.399. The van der Waals surface area contributed by atoms with E-state index in [2.05, 4.69) is 6.58 Å². The second-order valence-corrected chi connectivity index (χ2v) is 8.14. The van der Waals surface area contributed by atoms with Crippen molar-refractivity contribution in [3.63, 3.8) is 0 Å². The van der Waals surface area contributed by atoms with E-state index in [0.29, 0.717) is 12.0 Å². The summed E-state index contributed by atoms with van der Waals surface area (Å²) in [5.41, 5.74) is 0.271. The molecular weight excluding hydrogens is 352 g/mol. The van der Waals surface area contributed by atoms with Crippen LogP contribution in [0.5, 0.6) is 0 Å². The lowest BCUT2D eigenvalue weighted by Gasteiger charge is -2.46. The van der Waals surface area contributed by atoms with Crippen molar-refractivity contribution in [2.75, 3.05) is 0 Å². The molecule has 3 fully saturated rings. The predicted octanol–water partition coefficient (Wildman–Crippen LogP) is 0.945. The summed E-state index contributed by atoms with van der Waals surface area (Å²) in [6.45, 7) is 8.95. The molecule has 2 N–H and O–H groups in total. The van der Waals surface area contributed by atoms with Gasteiger partial charge >= 0.3 is 5.97 Å². The van der Waals surface area contributed by atoms with Crippen LogP contribution >= 0.6 is 0 Å². The van der Waals surface area contributed by atoms with Crippen molar-refractivity contribution in [3.8, 4) is 0 Å². The molecule has 4 aliphatic rings. The predicted molar refractivity (Wildman–Crippen MR) is 93.4 cm³/mol. The molecule has 4 rings (SSSR count). The molecule has 0 saturated carbocycles. The van der Waals surface area contributed by atoms with Crippen molar-refractivity contribution in [1.82, 2.24) is 0 Å². The lowest BCUT2D eigenvalue weighted by molar-refractivity contribution is -0.297. The number of esters is 1. The van der Waals surface area contributed by atoms with E-state index < -0.39 is 47.7 Å². The SMILES string of the molecule is C=C(C)[C@H]1C[C@@H]2O[C@@](O)(C(C)=CC(=O)C=C(C)C[C@@H]3OC(=O)[C@@]24O[C@H]34)[C@@H]1O. The Morgan fingerprint density at radius 1 is 1.26 bits per heavy atom. The lowest BCUT2D eigenvalue weighted by Crippen LogP contribution is -2.60. The second kappa shape index (κ2) is 5.85. The Morgan fingerprint density at radius 2 is 1.96 bits per heavy atom. The molecule has 3 saturated heterocycles. The molecule has 4 aliphatic heterocycles. The minimum atomic E-state index is -2.13. The van der Waals surface area contributed by atoms with Gasteiger partial charge in [-0.3, -0.25) is 4.79 Å². The zero-order valence-corrected chi connectivity index (χ0v) is 15.6. The Balaban J connectivity index is 1.85. The first-order chi connectivity index (χ1) is 12.6. The Hall–Kier alpha value is -1.80. The topological polar surface area (TPSA) is 106 Å².